The van der Waals surface area contributed by atoms with Crippen LogP contribution in [0.15, 0.2) is 30.6 Å². The first kappa shape index (κ1) is 8.19. The molecule has 0 aliphatic rings. The van der Waals surface area contributed by atoms with E-state index in [1.54, 1.807) is 16.8 Å². The van der Waals surface area contributed by atoms with Crippen molar-refractivity contribution in [2.45, 2.75) is 6.10 Å². The largest absolute Gasteiger partial charge is 0.386 e. The van der Waals surface area contributed by atoms with Gasteiger partial charge in [-0.2, -0.15) is 5.10 Å². The minimum atomic E-state index is -1.07. The van der Waals surface area contributed by atoms with Crippen LogP contribution in [0, 0.1) is 0 Å². The maximum Gasteiger partial charge on any atom is 0.120 e. The van der Waals surface area contributed by atoms with Crippen molar-refractivity contribution in [3.8, 4) is 0 Å². The van der Waals surface area contributed by atoms with Gasteiger partial charge in [-0.25, -0.2) is 8.91 Å². The fraction of sp³-hybridized carbons (Fsp3) is 0.222. The van der Waals surface area contributed by atoms with Gasteiger partial charge in [0.05, 0.1) is 11.7 Å². The van der Waals surface area contributed by atoms with Gasteiger partial charge >= 0.3 is 0 Å². The molecule has 0 aliphatic carbocycles. The molecular formula is C9H9FN2O. The van der Waals surface area contributed by atoms with Crippen molar-refractivity contribution < 1.29 is 9.50 Å². The first-order valence-corrected chi connectivity index (χ1v) is 3.99. The molecule has 2 aromatic rings. The second kappa shape index (κ2) is 3.14. The predicted molar refractivity (Wildman–Crippen MR) is 46.1 cm³/mol. The number of aliphatic hydroxyl groups excluding tert-OH is 1. The second-order valence-electron chi connectivity index (χ2n) is 2.80. The van der Waals surface area contributed by atoms with Gasteiger partial charge < -0.3 is 5.11 Å². The molecule has 0 amide bonds. The maximum absolute atomic E-state index is 12.2. The standard InChI is InChI=1S/C9H9FN2O/c10-5-9(13)7-6-11-12-4-2-1-3-8(7)12/h1-4,6,9,13H,5H2. The molecule has 1 atom stereocenters. The molecule has 0 spiro atoms. The Morgan fingerprint density at radius 1 is 1.54 bits per heavy atom. The van der Waals surface area contributed by atoms with E-state index in [9.17, 15) is 9.50 Å². The summed E-state index contributed by atoms with van der Waals surface area (Å²) in [6.07, 6.45) is 2.17. The topological polar surface area (TPSA) is 37.5 Å². The number of nitrogens with zero attached hydrogens (tertiary/aromatic N) is 2. The minimum Gasteiger partial charge on any atom is -0.386 e. The summed E-state index contributed by atoms with van der Waals surface area (Å²) >= 11 is 0. The first-order chi connectivity index (χ1) is 6.33. The van der Waals surface area contributed by atoms with E-state index < -0.39 is 12.8 Å². The second-order valence-corrected chi connectivity index (χ2v) is 2.80. The molecule has 0 bridgehead atoms. The quantitative estimate of drug-likeness (QED) is 0.757. The summed E-state index contributed by atoms with van der Waals surface area (Å²) in [7, 11) is 0. The molecule has 0 fully saturated rings. The van der Waals surface area contributed by atoms with Crippen LogP contribution in [0.2, 0.25) is 0 Å². The van der Waals surface area contributed by atoms with Gasteiger partial charge in [0.25, 0.3) is 0 Å². The summed E-state index contributed by atoms with van der Waals surface area (Å²) in [5.41, 5.74) is 1.27. The molecule has 3 nitrogen and oxygen atoms in total. The van der Waals surface area contributed by atoms with Crippen molar-refractivity contribution in [3.05, 3.63) is 36.2 Å². The van der Waals surface area contributed by atoms with Gasteiger partial charge in [0, 0.05) is 11.8 Å². The van der Waals surface area contributed by atoms with Crippen LogP contribution in [0.4, 0.5) is 4.39 Å². The minimum absolute atomic E-state index is 0.531. The summed E-state index contributed by atoms with van der Waals surface area (Å²) in [5.74, 6) is 0. The van der Waals surface area contributed by atoms with Gasteiger partial charge in [-0.1, -0.05) is 6.07 Å². The monoisotopic (exact) mass is 180 g/mol. The lowest BCUT2D eigenvalue weighted by Crippen LogP contribution is -1.98. The summed E-state index contributed by atoms with van der Waals surface area (Å²) in [6.45, 7) is -0.782. The molecule has 0 aromatic carbocycles. The summed E-state index contributed by atoms with van der Waals surface area (Å²) in [4.78, 5) is 0. The van der Waals surface area contributed by atoms with Gasteiger partial charge in [0.15, 0.2) is 0 Å². The zero-order chi connectivity index (χ0) is 9.26. The molecule has 2 rings (SSSR count). The number of aliphatic hydroxyl groups is 1. The van der Waals surface area contributed by atoms with Gasteiger partial charge in [-0.15, -0.1) is 0 Å². The highest BCUT2D eigenvalue weighted by atomic mass is 19.1. The zero-order valence-electron chi connectivity index (χ0n) is 6.89. The first-order valence-electron chi connectivity index (χ1n) is 3.99. The normalized spacial score (nSPS) is 13.4. The predicted octanol–water partition coefficient (Wildman–Crippen LogP) is 1.34. The molecule has 0 radical (unpaired) electrons. The Kier molecular flexibility index (Phi) is 1.98. The van der Waals surface area contributed by atoms with Gasteiger partial charge in [-0.3, -0.25) is 0 Å². The van der Waals surface area contributed by atoms with E-state index in [2.05, 4.69) is 5.10 Å². The van der Waals surface area contributed by atoms with Crippen molar-refractivity contribution in [1.29, 1.82) is 0 Å². The van der Waals surface area contributed by atoms with Crippen LogP contribution in [0.25, 0.3) is 5.52 Å². The Balaban J connectivity index is 2.57. The molecule has 0 saturated carbocycles. The highest BCUT2D eigenvalue weighted by Gasteiger charge is 2.12. The van der Waals surface area contributed by atoms with E-state index in [0.717, 1.165) is 5.52 Å². The highest BCUT2D eigenvalue weighted by Crippen LogP contribution is 2.18. The van der Waals surface area contributed by atoms with Crippen LogP contribution in [-0.4, -0.2) is 21.4 Å². The SMILES string of the molecule is OC(CF)c1cnn2ccccc12. The van der Waals surface area contributed by atoms with Crippen LogP contribution in [0.1, 0.15) is 11.7 Å². The van der Waals surface area contributed by atoms with Gasteiger partial charge in [0.2, 0.25) is 0 Å². The number of pyridine rings is 1. The molecule has 1 N–H and O–H groups in total. The highest BCUT2D eigenvalue weighted by molar-refractivity contribution is 5.54. The lowest BCUT2D eigenvalue weighted by Gasteiger charge is -2.02. The van der Waals surface area contributed by atoms with Crippen molar-refractivity contribution in [2.24, 2.45) is 0 Å². The summed E-state index contributed by atoms with van der Waals surface area (Å²) in [6, 6.07) is 5.44. The van der Waals surface area contributed by atoms with Crippen molar-refractivity contribution in [1.82, 2.24) is 9.61 Å². The number of aromatic nitrogens is 2. The van der Waals surface area contributed by atoms with E-state index >= 15 is 0 Å². The van der Waals surface area contributed by atoms with Gasteiger partial charge in [-0.05, 0) is 12.1 Å². The zero-order valence-corrected chi connectivity index (χ0v) is 6.89. The average Bonchev–Trinajstić information content (AvgIpc) is 2.60. The van der Waals surface area contributed by atoms with E-state index in [4.69, 9.17) is 0 Å². The van der Waals surface area contributed by atoms with E-state index in [-0.39, 0.29) is 0 Å². The Labute approximate surface area is 74.4 Å². The number of hydrogen-bond donors (Lipinski definition) is 1. The van der Waals surface area contributed by atoms with Crippen LogP contribution >= 0.6 is 0 Å². The summed E-state index contributed by atoms with van der Waals surface area (Å²) < 4.78 is 13.8. The molecule has 13 heavy (non-hydrogen) atoms. The lowest BCUT2D eigenvalue weighted by atomic mass is 10.2. The molecule has 4 heteroatoms. The lowest BCUT2D eigenvalue weighted by molar-refractivity contribution is 0.143. The fourth-order valence-corrected chi connectivity index (χ4v) is 1.29. The van der Waals surface area contributed by atoms with E-state index in [1.165, 1.54) is 6.20 Å². The van der Waals surface area contributed by atoms with Crippen LogP contribution < -0.4 is 0 Å². The number of alkyl halides is 1. The number of rotatable bonds is 2. The van der Waals surface area contributed by atoms with Crippen LogP contribution in [-0.2, 0) is 0 Å². The van der Waals surface area contributed by atoms with Crippen LogP contribution in [0.3, 0.4) is 0 Å². The smallest absolute Gasteiger partial charge is 0.120 e. The Morgan fingerprint density at radius 3 is 3.15 bits per heavy atom. The fourth-order valence-electron chi connectivity index (χ4n) is 1.29. The Hall–Kier alpha value is -1.42. The number of halogens is 1. The molecular weight excluding hydrogens is 171 g/mol. The molecule has 2 heterocycles. The molecule has 2 aromatic heterocycles. The van der Waals surface area contributed by atoms with Crippen molar-refractivity contribution >= 4 is 5.52 Å². The van der Waals surface area contributed by atoms with E-state index in [1.807, 2.05) is 12.1 Å². The number of fused-ring (bicyclic) bond motifs is 1. The number of hydrogen-bond acceptors (Lipinski definition) is 2. The Bertz CT molecular complexity index is 413. The van der Waals surface area contributed by atoms with Crippen molar-refractivity contribution in [2.75, 3.05) is 6.67 Å². The van der Waals surface area contributed by atoms with Crippen molar-refractivity contribution in [3.63, 3.8) is 0 Å². The molecule has 68 valence electrons. The third-order valence-electron chi connectivity index (χ3n) is 1.96. The van der Waals surface area contributed by atoms with E-state index in [0.29, 0.717) is 5.56 Å². The molecule has 0 saturated heterocycles. The third-order valence-corrected chi connectivity index (χ3v) is 1.96. The molecule has 1 unspecified atom stereocenters. The summed E-state index contributed by atoms with van der Waals surface area (Å²) in [5, 5.41) is 13.3. The van der Waals surface area contributed by atoms with Gasteiger partial charge in [0.1, 0.15) is 12.8 Å². The maximum atomic E-state index is 12.2. The third kappa shape index (κ3) is 1.29. The average molecular weight is 180 g/mol. The van der Waals surface area contributed by atoms with Crippen LogP contribution in [0.5, 0.6) is 0 Å². The molecule has 0 aliphatic heterocycles. The Morgan fingerprint density at radius 2 is 2.38 bits per heavy atom.